The normalized spacial score (nSPS) is 12.1. The lowest BCUT2D eigenvalue weighted by molar-refractivity contribution is 0.586. The standard InChI is InChI=1S/C12H18N2O2S/c13-9-4-5-10-14-17(15,16)11-8-12-6-2-1-3-7-12/h1-3,6-8,11,14H,4-5,9-10,13H2/b11-8+. The first kappa shape index (κ1) is 13.9. The van der Waals surface area contributed by atoms with Gasteiger partial charge in [0, 0.05) is 12.0 Å². The van der Waals surface area contributed by atoms with Crippen LogP contribution in [0.25, 0.3) is 6.08 Å². The van der Waals surface area contributed by atoms with Gasteiger partial charge in [0.05, 0.1) is 0 Å². The minimum atomic E-state index is -3.33. The topological polar surface area (TPSA) is 72.2 Å². The molecule has 0 heterocycles. The summed E-state index contributed by atoms with van der Waals surface area (Å²) in [5.41, 5.74) is 6.18. The van der Waals surface area contributed by atoms with Gasteiger partial charge in [-0.1, -0.05) is 30.3 Å². The summed E-state index contributed by atoms with van der Waals surface area (Å²) in [6.07, 6.45) is 3.16. The Morgan fingerprint density at radius 2 is 1.88 bits per heavy atom. The molecule has 3 N–H and O–H groups in total. The summed E-state index contributed by atoms with van der Waals surface area (Å²) in [4.78, 5) is 0. The molecular weight excluding hydrogens is 236 g/mol. The van der Waals surface area contributed by atoms with E-state index in [1.165, 1.54) is 5.41 Å². The van der Waals surface area contributed by atoms with E-state index in [1.807, 2.05) is 30.3 Å². The molecule has 1 rings (SSSR count). The first-order valence-corrected chi connectivity index (χ1v) is 7.11. The number of hydrogen-bond acceptors (Lipinski definition) is 3. The minimum Gasteiger partial charge on any atom is -0.330 e. The molecule has 0 saturated heterocycles. The SMILES string of the molecule is NCCCCNS(=O)(=O)/C=C/c1ccccc1. The van der Waals surface area contributed by atoms with E-state index < -0.39 is 10.0 Å². The highest BCUT2D eigenvalue weighted by Gasteiger charge is 2.02. The molecule has 1 aromatic rings. The van der Waals surface area contributed by atoms with Crippen LogP contribution < -0.4 is 10.5 Å². The average molecular weight is 254 g/mol. The number of benzene rings is 1. The van der Waals surface area contributed by atoms with Crippen molar-refractivity contribution in [2.45, 2.75) is 12.8 Å². The first-order chi connectivity index (χ1) is 8.14. The summed E-state index contributed by atoms with van der Waals surface area (Å²) in [5, 5.41) is 1.19. The third-order valence-electron chi connectivity index (χ3n) is 2.17. The van der Waals surface area contributed by atoms with Crippen molar-refractivity contribution in [3.63, 3.8) is 0 Å². The molecule has 1 aromatic carbocycles. The maximum Gasteiger partial charge on any atom is 0.233 e. The highest BCUT2D eigenvalue weighted by atomic mass is 32.2. The van der Waals surface area contributed by atoms with Gasteiger partial charge in [0.25, 0.3) is 0 Å². The number of rotatable bonds is 7. The van der Waals surface area contributed by atoms with E-state index in [4.69, 9.17) is 5.73 Å². The Balaban J connectivity index is 2.46. The Labute approximate surface area is 103 Å². The molecule has 0 saturated carbocycles. The molecule has 0 fully saturated rings. The molecule has 0 aliphatic rings. The molecule has 0 aliphatic heterocycles. The molecule has 0 aromatic heterocycles. The largest absolute Gasteiger partial charge is 0.330 e. The van der Waals surface area contributed by atoms with Gasteiger partial charge in [-0.25, -0.2) is 13.1 Å². The Morgan fingerprint density at radius 1 is 1.18 bits per heavy atom. The van der Waals surface area contributed by atoms with Crippen molar-refractivity contribution in [2.24, 2.45) is 5.73 Å². The Morgan fingerprint density at radius 3 is 2.53 bits per heavy atom. The molecule has 0 amide bonds. The van der Waals surface area contributed by atoms with Crippen molar-refractivity contribution in [1.29, 1.82) is 0 Å². The molecule has 0 unspecified atom stereocenters. The summed E-state index contributed by atoms with van der Waals surface area (Å²) in [6, 6.07) is 9.31. The van der Waals surface area contributed by atoms with Gasteiger partial charge in [-0.05, 0) is 31.0 Å². The first-order valence-electron chi connectivity index (χ1n) is 5.57. The molecule has 17 heavy (non-hydrogen) atoms. The van der Waals surface area contributed by atoms with E-state index in [-0.39, 0.29) is 0 Å². The van der Waals surface area contributed by atoms with E-state index >= 15 is 0 Å². The lowest BCUT2D eigenvalue weighted by Crippen LogP contribution is -2.22. The van der Waals surface area contributed by atoms with Gasteiger partial charge in [-0.2, -0.15) is 0 Å². The van der Waals surface area contributed by atoms with Crippen molar-refractivity contribution in [2.75, 3.05) is 13.1 Å². The van der Waals surface area contributed by atoms with Gasteiger partial charge in [-0.15, -0.1) is 0 Å². The van der Waals surface area contributed by atoms with Crippen LogP contribution in [0.5, 0.6) is 0 Å². The van der Waals surface area contributed by atoms with Crippen LogP contribution in [0.4, 0.5) is 0 Å². The van der Waals surface area contributed by atoms with Crippen LogP contribution in [-0.2, 0) is 10.0 Å². The lowest BCUT2D eigenvalue weighted by atomic mass is 10.2. The fourth-order valence-electron chi connectivity index (χ4n) is 1.26. The van der Waals surface area contributed by atoms with Gasteiger partial charge in [0.15, 0.2) is 0 Å². The van der Waals surface area contributed by atoms with Crippen LogP contribution in [0.1, 0.15) is 18.4 Å². The van der Waals surface area contributed by atoms with Gasteiger partial charge in [0.1, 0.15) is 0 Å². The number of unbranched alkanes of at least 4 members (excludes halogenated alkanes) is 1. The van der Waals surface area contributed by atoms with Gasteiger partial charge >= 0.3 is 0 Å². The summed E-state index contributed by atoms with van der Waals surface area (Å²) in [7, 11) is -3.33. The summed E-state index contributed by atoms with van der Waals surface area (Å²) < 4.78 is 25.6. The maximum atomic E-state index is 11.5. The highest BCUT2D eigenvalue weighted by Crippen LogP contribution is 2.02. The molecular formula is C12H18N2O2S. The average Bonchev–Trinajstić information content (AvgIpc) is 2.34. The molecule has 5 heteroatoms. The zero-order valence-electron chi connectivity index (χ0n) is 9.67. The number of nitrogens with two attached hydrogens (primary N) is 1. The smallest absolute Gasteiger partial charge is 0.233 e. The van der Waals surface area contributed by atoms with Crippen molar-refractivity contribution in [1.82, 2.24) is 4.72 Å². The van der Waals surface area contributed by atoms with Crippen molar-refractivity contribution < 1.29 is 8.42 Å². The van der Waals surface area contributed by atoms with E-state index in [0.717, 1.165) is 18.4 Å². The molecule has 0 aliphatic carbocycles. The zero-order valence-corrected chi connectivity index (χ0v) is 10.5. The van der Waals surface area contributed by atoms with Crippen LogP contribution in [-0.4, -0.2) is 21.5 Å². The number of sulfonamides is 1. The third-order valence-corrected chi connectivity index (χ3v) is 3.27. The van der Waals surface area contributed by atoms with Crippen molar-refractivity contribution >= 4 is 16.1 Å². The lowest BCUT2D eigenvalue weighted by Gasteiger charge is -2.01. The van der Waals surface area contributed by atoms with Gasteiger partial charge < -0.3 is 5.73 Å². The van der Waals surface area contributed by atoms with Gasteiger partial charge in [-0.3, -0.25) is 0 Å². The summed E-state index contributed by atoms with van der Waals surface area (Å²) >= 11 is 0. The number of nitrogens with one attached hydrogen (secondary N) is 1. The third kappa shape index (κ3) is 6.21. The van der Waals surface area contributed by atoms with E-state index in [9.17, 15) is 8.42 Å². The fraction of sp³-hybridized carbons (Fsp3) is 0.333. The summed E-state index contributed by atoms with van der Waals surface area (Å²) in [6.45, 7) is 1.01. The van der Waals surface area contributed by atoms with Crippen LogP contribution in [0.2, 0.25) is 0 Å². The molecule has 0 atom stereocenters. The summed E-state index contributed by atoms with van der Waals surface area (Å²) in [5.74, 6) is 0. The highest BCUT2D eigenvalue weighted by molar-refractivity contribution is 7.92. The molecule has 94 valence electrons. The predicted molar refractivity (Wildman–Crippen MR) is 70.7 cm³/mol. The van der Waals surface area contributed by atoms with Crippen molar-refractivity contribution in [3.8, 4) is 0 Å². The Kier molecular flexibility index (Phi) is 5.90. The van der Waals surface area contributed by atoms with Crippen LogP contribution in [0.15, 0.2) is 35.7 Å². The second-order valence-electron chi connectivity index (χ2n) is 3.65. The number of hydrogen-bond donors (Lipinski definition) is 2. The molecule has 0 bridgehead atoms. The quantitative estimate of drug-likeness (QED) is 0.721. The second kappa shape index (κ2) is 7.21. The zero-order chi connectivity index (χ0) is 12.6. The van der Waals surface area contributed by atoms with Crippen LogP contribution in [0, 0.1) is 0 Å². The predicted octanol–water partition coefficient (Wildman–Crippen LogP) is 1.32. The Hall–Kier alpha value is -1.17. The van der Waals surface area contributed by atoms with Crippen LogP contribution in [0.3, 0.4) is 0 Å². The van der Waals surface area contributed by atoms with Crippen molar-refractivity contribution in [3.05, 3.63) is 41.3 Å². The minimum absolute atomic E-state index is 0.429. The van der Waals surface area contributed by atoms with E-state index in [1.54, 1.807) is 6.08 Å². The van der Waals surface area contributed by atoms with E-state index in [0.29, 0.717) is 13.1 Å². The second-order valence-corrected chi connectivity index (χ2v) is 5.30. The van der Waals surface area contributed by atoms with Crippen LogP contribution >= 0.6 is 0 Å². The molecule has 0 radical (unpaired) electrons. The Bertz CT molecular complexity index is 441. The molecule has 4 nitrogen and oxygen atoms in total. The fourth-order valence-corrected chi connectivity index (χ4v) is 2.13. The van der Waals surface area contributed by atoms with Gasteiger partial charge in [0.2, 0.25) is 10.0 Å². The van der Waals surface area contributed by atoms with E-state index in [2.05, 4.69) is 4.72 Å². The monoisotopic (exact) mass is 254 g/mol. The molecule has 0 spiro atoms. The maximum absolute atomic E-state index is 11.5.